The molecule has 10 heteroatoms. The highest BCUT2D eigenvalue weighted by molar-refractivity contribution is 6.74. The van der Waals surface area contributed by atoms with Gasteiger partial charge in [-0.05, 0) is 61.7 Å². The van der Waals surface area contributed by atoms with Crippen LogP contribution in [0.3, 0.4) is 0 Å². The van der Waals surface area contributed by atoms with Gasteiger partial charge in [0, 0.05) is 10.9 Å². The second-order valence-electron chi connectivity index (χ2n) is 17.4. The number of aromatic nitrogens is 1. The first kappa shape index (κ1) is 42.5. The van der Waals surface area contributed by atoms with Crippen LogP contribution >= 0.6 is 0 Å². The lowest BCUT2D eigenvalue weighted by Gasteiger charge is -2.45. The number of benzene rings is 4. The fraction of sp³-hybridized carbons (Fsp3) is 0.426. The van der Waals surface area contributed by atoms with Crippen molar-refractivity contribution in [3.8, 4) is 0 Å². The molecule has 1 aliphatic heterocycles. The zero-order valence-corrected chi connectivity index (χ0v) is 35.6. The second kappa shape index (κ2) is 18.2. The maximum Gasteiger partial charge on any atom is 0.419 e. The normalized spacial score (nSPS) is 20.5. The van der Waals surface area contributed by atoms with Gasteiger partial charge in [0.1, 0.15) is 36.1 Å². The van der Waals surface area contributed by atoms with Crippen molar-refractivity contribution in [1.82, 2.24) is 4.57 Å². The zero-order chi connectivity index (χ0) is 40.8. The van der Waals surface area contributed by atoms with Crippen molar-refractivity contribution in [2.75, 3.05) is 6.61 Å². The van der Waals surface area contributed by atoms with Crippen LogP contribution in [0.25, 0.3) is 10.9 Å². The molecule has 1 fully saturated rings. The van der Waals surface area contributed by atoms with Gasteiger partial charge in [-0.2, -0.15) is 0 Å². The van der Waals surface area contributed by atoms with E-state index in [1.54, 1.807) is 4.57 Å². The van der Waals surface area contributed by atoms with Crippen molar-refractivity contribution in [1.29, 1.82) is 0 Å². The SMILES string of the molecule is CC(C)(C)OC(=O)n1c([C@@H]2O[C@@H](COCc3ccccc3)[C@H](OCc3ccccc3)[C@@H](OCc3ccccc3)[C@H]2O)c(CO[Si](C)(C)C(C)(C)C)c2ccccc21. The van der Waals surface area contributed by atoms with E-state index in [1.165, 1.54) is 0 Å². The van der Waals surface area contributed by atoms with E-state index in [4.69, 9.17) is 28.1 Å². The van der Waals surface area contributed by atoms with E-state index >= 15 is 0 Å². The van der Waals surface area contributed by atoms with E-state index in [-0.39, 0.29) is 31.5 Å². The summed E-state index contributed by atoms with van der Waals surface area (Å²) in [6.45, 7) is 17.7. The van der Waals surface area contributed by atoms with E-state index in [1.807, 2.05) is 136 Å². The zero-order valence-electron chi connectivity index (χ0n) is 34.6. The number of hydrogen-bond donors (Lipinski definition) is 1. The first-order valence-electron chi connectivity index (χ1n) is 19.9. The van der Waals surface area contributed by atoms with Gasteiger partial charge in [0.15, 0.2) is 8.32 Å². The highest BCUT2D eigenvalue weighted by Crippen LogP contribution is 2.43. The Labute approximate surface area is 339 Å². The van der Waals surface area contributed by atoms with Crippen LogP contribution in [0, 0.1) is 0 Å². The van der Waals surface area contributed by atoms with Gasteiger partial charge >= 0.3 is 6.09 Å². The summed E-state index contributed by atoms with van der Waals surface area (Å²) >= 11 is 0. The summed E-state index contributed by atoms with van der Waals surface area (Å²) in [5.74, 6) is 0. The molecular formula is C47H59NO8Si. The van der Waals surface area contributed by atoms with Gasteiger partial charge in [0.25, 0.3) is 0 Å². The lowest BCUT2D eigenvalue weighted by atomic mass is 9.91. The molecule has 5 atom stereocenters. The van der Waals surface area contributed by atoms with Gasteiger partial charge in [-0.15, -0.1) is 0 Å². The van der Waals surface area contributed by atoms with Crippen LogP contribution in [-0.2, 0) is 54.5 Å². The Morgan fingerprint density at radius 1 is 0.702 bits per heavy atom. The number of para-hydroxylation sites is 1. The van der Waals surface area contributed by atoms with E-state index in [2.05, 4.69) is 33.9 Å². The monoisotopic (exact) mass is 793 g/mol. The molecule has 0 amide bonds. The smallest absolute Gasteiger partial charge is 0.419 e. The molecule has 0 aliphatic carbocycles. The number of fused-ring (bicyclic) bond motifs is 1. The second-order valence-corrected chi connectivity index (χ2v) is 22.2. The number of carbonyl (C=O) groups excluding carboxylic acids is 1. The molecule has 1 N–H and O–H groups in total. The van der Waals surface area contributed by atoms with Crippen LogP contribution in [0.15, 0.2) is 115 Å². The highest BCUT2D eigenvalue weighted by atomic mass is 28.4. The van der Waals surface area contributed by atoms with Crippen LogP contribution in [0.2, 0.25) is 18.1 Å². The number of aliphatic hydroxyl groups excluding tert-OH is 1. The molecule has 1 aliphatic rings. The maximum atomic E-state index is 14.4. The number of aliphatic hydroxyl groups is 1. The predicted octanol–water partition coefficient (Wildman–Crippen LogP) is 10.1. The molecule has 0 spiro atoms. The summed E-state index contributed by atoms with van der Waals surface area (Å²) < 4.78 is 41.3. The minimum absolute atomic E-state index is 0.0710. The first-order valence-corrected chi connectivity index (χ1v) is 22.8. The van der Waals surface area contributed by atoms with Crippen LogP contribution in [0.5, 0.6) is 0 Å². The summed E-state index contributed by atoms with van der Waals surface area (Å²) in [6, 6.07) is 37.4. The Morgan fingerprint density at radius 2 is 1.21 bits per heavy atom. The Balaban J connectivity index is 1.47. The highest BCUT2D eigenvalue weighted by Gasteiger charge is 2.50. The van der Waals surface area contributed by atoms with Crippen LogP contribution in [0.4, 0.5) is 4.79 Å². The Bertz CT molecular complexity index is 2040. The molecule has 57 heavy (non-hydrogen) atoms. The van der Waals surface area contributed by atoms with Crippen LogP contribution in [-0.4, -0.2) is 60.7 Å². The van der Waals surface area contributed by atoms with Crippen molar-refractivity contribution in [2.45, 2.75) is 122 Å². The minimum atomic E-state index is -2.30. The molecule has 0 bridgehead atoms. The third-order valence-corrected chi connectivity index (χ3v) is 15.4. The molecule has 304 valence electrons. The van der Waals surface area contributed by atoms with Gasteiger partial charge in [0.05, 0.1) is 44.2 Å². The fourth-order valence-electron chi connectivity index (χ4n) is 6.83. The summed E-state index contributed by atoms with van der Waals surface area (Å²) in [5, 5.41) is 13.5. The summed E-state index contributed by atoms with van der Waals surface area (Å²) in [5.41, 5.74) is 3.97. The third-order valence-electron chi connectivity index (χ3n) is 10.9. The first-order chi connectivity index (χ1) is 27.1. The van der Waals surface area contributed by atoms with Gasteiger partial charge < -0.3 is 33.2 Å². The van der Waals surface area contributed by atoms with Crippen molar-refractivity contribution in [2.24, 2.45) is 0 Å². The van der Waals surface area contributed by atoms with Gasteiger partial charge in [-0.1, -0.05) is 130 Å². The number of hydrogen-bond acceptors (Lipinski definition) is 8. The minimum Gasteiger partial charge on any atom is -0.443 e. The predicted molar refractivity (Wildman–Crippen MR) is 225 cm³/mol. The summed E-state index contributed by atoms with van der Waals surface area (Å²) in [7, 11) is -2.30. The van der Waals surface area contributed by atoms with E-state index in [0.29, 0.717) is 17.8 Å². The molecule has 0 radical (unpaired) electrons. The van der Waals surface area contributed by atoms with Crippen molar-refractivity contribution < 1.29 is 38.0 Å². The van der Waals surface area contributed by atoms with Crippen LogP contribution < -0.4 is 0 Å². The van der Waals surface area contributed by atoms with E-state index in [0.717, 1.165) is 27.6 Å². The van der Waals surface area contributed by atoms with Gasteiger partial charge in [0.2, 0.25) is 0 Å². The fourth-order valence-corrected chi connectivity index (χ4v) is 7.77. The number of nitrogens with zero attached hydrogens (tertiary/aromatic N) is 1. The third kappa shape index (κ3) is 10.5. The molecule has 6 rings (SSSR count). The standard InChI is InChI=1S/C47H59NO8Si/c1-46(2,3)56-45(50)48-38-27-19-18-26-36(38)37(31-54-57(7,8)47(4,5)6)40(48)43-41(49)44(53-30-35-24-16-11-17-25-35)42(52-29-34-22-14-10-15-23-34)39(55-43)32-51-28-33-20-12-9-13-21-33/h9-27,39,41-44,49H,28-32H2,1-8H3/t39-,41-,42-,43-,44-/m0/s1. The van der Waals surface area contributed by atoms with Crippen LogP contribution in [0.1, 0.15) is 75.6 Å². The molecule has 5 aromatic rings. The Kier molecular flexibility index (Phi) is 13.6. The topological polar surface area (TPSA) is 97.6 Å². The Hall–Kier alpha value is -4.13. The average molecular weight is 794 g/mol. The largest absolute Gasteiger partial charge is 0.443 e. The van der Waals surface area contributed by atoms with E-state index in [9.17, 15) is 9.90 Å². The molecule has 1 aromatic heterocycles. The molecular weight excluding hydrogens is 735 g/mol. The molecule has 0 saturated carbocycles. The average Bonchev–Trinajstić information content (AvgIpc) is 3.50. The van der Waals surface area contributed by atoms with Crippen molar-refractivity contribution in [3.63, 3.8) is 0 Å². The Morgan fingerprint density at radius 3 is 1.75 bits per heavy atom. The van der Waals surface area contributed by atoms with Gasteiger partial charge in [-0.25, -0.2) is 9.36 Å². The molecule has 2 heterocycles. The summed E-state index contributed by atoms with van der Waals surface area (Å²) in [6.07, 6.45) is -5.28. The molecule has 9 nitrogen and oxygen atoms in total. The van der Waals surface area contributed by atoms with Gasteiger partial charge in [-0.3, -0.25) is 0 Å². The number of rotatable bonds is 14. The van der Waals surface area contributed by atoms with Crippen molar-refractivity contribution >= 4 is 25.3 Å². The molecule has 1 saturated heterocycles. The maximum absolute atomic E-state index is 14.4. The van der Waals surface area contributed by atoms with E-state index < -0.39 is 50.5 Å². The lowest BCUT2D eigenvalue weighted by Crippen LogP contribution is -2.58. The number of carbonyl (C=O) groups is 1. The summed E-state index contributed by atoms with van der Waals surface area (Å²) in [4.78, 5) is 14.4. The molecule has 0 unspecified atom stereocenters. The quantitative estimate of drug-likeness (QED) is 0.111. The van der Waals surface area contributed by atoms with Crippen molar-refractivity contribution in [3.05, 3.63) is 143 Å². The lowest BCUT2D eigenvalue weighted by molar-refractivity contribution is -0.264. The molecule has 4 aromatic carbocycles. The number of ether oxygens (including phenoxy) is 5.